The van der Waals surface area contributed by atoms with Crippen LogP contribution in [-0.4, -0.2) is 43.8 Å². The number of aliphatic hydroxyl groups excluding tert-OH is 1. The van der Waals surface area contributed by atoms with Crippen LogP contribution in [0.3, 0.4) is 0 Å². The molecule has 0 saturated heterocycles. The number of carboxylic acids is 2. The summed E-state index contributed by atoms with van der Waals surface area (Å²) in [4.78, 5) is 33.4. The first-order chi connectivity index (χ1) is 15.9. The molecule has 174 valence electrons. The number of carbonyl (C=O) groups is 3. The van der Waals surface area contributed by atoms with Crippen molar-refractivity contribution >= 4 is 34.9 Å². The Bertz CT molecular complexity index is 1120. The molecule has 9 nitrogen and oxygen atoms in total. The van der Waals surface area contributed by atoms with Crippen LogP contribution in [0.15, 0.2) is 54.6 Å². The number of methoxy groups -OCH3 is 1. The van der Waals surface area contributed by atoms with E-state index in [2.05, 4.69) is 0 Å². The maximum absolute atomic E-state index is 11.3. The zero-order chi connectivity index (χ0) is 24.4. The number of carboxylic acid groups (broad SMARTS) is 2. The summed E-state index contributed by atoms with van der Waals surface area (Å²) < 4.78 is 11.1. The summed E-state index contributed by atoms with van der Waals surface area (Å²) >= 11 is 0.855. The van der Waals surface area contributed by atoms with E-state index in [0.717, 1.165) is 29.8 Å². The first-order valence-corrected chi connectivity index (χ1v) is 10.4. The van der Waals surface area contributed by atoms with Gasteiger partial charge in [0.1, 0.15) is 17.5 Å². The number of aliphatic carboxylic acids is 1. The molecular weight excluding hydrogens is 496 g/mol. The van der Waals surface area contributed by atoms with Gasteiger partial charge in [-0.1, -0.05) is 18.2 Å². The van der Waals surface area contributed by atoms with Gasteiger partial charge in [0.05, 0.1) is 30.3 Å². The van der Waals surface area contributed by atoms with Crippen LogP contribution in [0.2, 0.25) is 0 Å². The van der Waals surface area contributed by atoms with E-state index in [9.17, 15) is 24.6 Å². The van der Waals surface area contributed by atoms with E-state index in [4.69, 9.17) is 14.6 Å². The fourth-order valence-electron chi connectivity index (χ4n) is 2.85. The van der Waals surface area contributed by atoms with E-state index in [1.165, 1.54) is 6.07 Å². The molecule has 1 heterocycles. The molecule has 0 aliphatic heterocycles. The second-order valence-corrected chi connectivity index (χ2v) is 7.37. The molecule has 0 bridgehead atoms. The standard InChI is InChI=1S/C22H19NO7S.CH4O.2Na/c1-29-17-5-3-2-4-13(17)10-11-30-15-8-6-14(7-9-15)18-12-16(19(31-18)21(25)26)23-20(24)22(27)28;1-2;;/h2-9,12H,10-11H2,1H3,(H,23,24)(H,25,26)(H,27,28);2H,1H3;;/q;;2*+1/p-2. The van der Waals surface area contributed by atoms with E-state index in [0.29, 0.717) is 29.2 Å². The maximum atomic E-state index is 11.3. The van der Waals surface area contributed by atoms with E-state index in [1.54, 1.807) is 31.4 Å². The van der Waals surface area contributed by atoms with Crippen molar-refractivity contribution in [1.82, 2.24) is 0 Å². The van der Waals surface area contributed by atoms with Crippen molar-refractivity contribution in [3.8, 4) is 21.9 Å². The molecule has 2 N–H and O–H groups in total. The Morgan fingerprint density at radius 2 is 1.63 bits per heavy atom. The maximum Gasteiger partial charge on any atom is 1.00 e. The molecule has 0 aliphatic carbocycles. The van der Waals surface area contributed by atoms with Gasteiger partial charge >= 0.3 is 59.1 Å². The van der Waals surface area contributed by atoms with Gasteiger partial charge in [0.15, 0.2) is 0 Å². The Morgan fingerprint density at radius 1 is 1.00 bits per heavy atom. The number of hydrogen-bond donors (Lipinski definition) is 2. The van der Waals surface area contributed by atoms with Crippen molar-refractivity contribution in [1.29, 1.82) is 0 Å². The number of aromatic carboxylic acids is 1. The predicted octanol–water partition coefficient (Wildman–Crippen LogP) is -5.29. The van der Waals surface area contributed by atoms with Gasteiger partial charge in [-0.05, 0) is 47.5 Å². The molecule has 0 saturated carbocycles. The topological polar surface area (TPSA) is 148 Å². The van der Waals surface area contributed by atoms with E-state index in [-0.39, 0.29) is 69.7 Å². The number of ether oxygens (including phenoxy) is 2. The van der Waals surface area contributed by atoms with E-state index in [1.807, 2.05) is 29.6 Å². The van der Waals surface area contributed by atoms with Crippen molar-refractivity contribution in [2.45, 2.75) is 6.42 Å². The van der Waals surface area contributed by atoms with Crippen LogP contribution in [0.1, 0.15) is 15.2 Å². The molecule has 0 spiro atoms. The Morgan fingerprint density at radius 3 is 2.20 bits per heavy atom. The molecule has 0 aliphatic rings. The number of hydrogen-bond acceptors (Lipinski definition) is 9. The van der Waals surface area contributed by atoms with Crippen LogP contribution in [0.25, 0.3) is 10.4 Å². The van der Waals surface area contributed by atoms with Crippen LogP contribution in [0.5, 0.6) is 11.5 Å². The largest absolute Gasteiger partial charge is 1.00 e. The Kier molecular flexibility index (Phi) is 15.8. The molecule has 0 atom stereocenters. The number of amides is 1. The summed E-state index contributed by atoms with van der Waals surface area (Å²) in [6, 6.07) is 16.0. The molecule has 0 unspecified atom stereocenters. The van der Waals surface area contributed by atoms with Crippen molar-refractivity contribution in [3.05, 3.63) is 65.0 Å². The number of para-hydroxylation sites is 1. The summed E-state index contributed by atoms with van der Waals surface area (Å²) in [5, 5.41) is 30.9. The van der Waals surface area contributed by atoms with Gasteiger partial charge in [-0.2, -0.15) is 0 Å². The number of thiophene rings is 1. The zero-order valence-corrected chi connectivity index (χ0v) is 24.6. The normalized spacial score (nSPS) is 9.34. The number of aliphatic hydroxyl groups is 1. The average molecular weight is 517 g/mol. The monoisotopic (exact) mass is 517 g/mol. The summed E-state index contributed by atoms with van der Waals surface area (Å²) in [5.41, 5.74) is 1.53. The van der Waals surface area contributed by atoms with Crippen LogP contribution in [-0.2, 0) is 16.0 Å². The third-order valence-electron chi connectivity index (χ3n) is 4.32. The van der Waals surface area contributed by atoms with Crippen LogP contribution < -0.4 is 84.1 Å². The summed E-state index contributed by atoms with van der Waals surface area (Å²) in [6.07, 6.45) is 0.660. The van der Waals surface area contributed by atoms with E-state index < -0.39 is 17.8 Å². The van der Waals surface area contributed by atoms with Gasteiger partial charge in [-0.3, -0.25) is 4.79 Å². The molecule has 3 aromatic rings. The van der Waals surface area contributed by atoms with Crippen molar-refractivity contribution < 1.29 is 98.3 Å². The van der Waals surface area contributed by atoms with Crippen LogP contribution in [0, 0.1) is 0 Å². The predicted molar refractivity (Wildman–Crippen MR) is 118 cm³/mol. The van der Waals surface area contributed by atoms with Crippen molar-refractivity contribution in [2.24, 2.45) is 0 Å². The van der Waals surface area contributed by atoms with Gasteiger partial charge < -0.3 is 39.7 Å². The van der Waals surface area contributed by atoms with Gasteiger partial charge in [0.25, 0.3) is 5.91 Å². The first-order valence-electron chi connectivity index (χ1n) is 9.56. The van der Waals surface area contributed by atoms with Crippen molar-refractivity contribution in [2.75, 3.05) is 26.1 Å². The zero-order valence-electron chi connectivity index (χ0n) is 19.8. The molecule has 1 aromatic heterocycles. The number of anilines is 1. The Balaban J connectivity index is 0.00000282. The van der Waals surface area contributed by atoms with E-state index >= 15 is 0 Å². The second-order valence-electron chi connectivity index (χ2n) is 6.32. The fraction of sp³-hybridized carbons (Fsp3) is 0.174. The molecule has 2 aromatic carbocycles. The van der Waals surface area contributed by atoms with Crippen molar-refractivity contribution in [3.63, 3.8) is 0 Å². The smallest absolute Gasteiger partial charge is 0.544 e. The summed E-state index contributed by atoms with van der Waals surface area (Å²) in [7, 11) is 2.62. The molecule has 0 fully saturated rings. The third-order valence-corrected chi connectivity index (χ3v) is 5.49. The SMILES string of the molecule is CO.COc1ccccc1CCOc1ccc(-c2cc(NC(=O)C(=O)[O-])c(C(=O)[O-])s2)cc1.[Na+].[Na+]. The summed E-state index contributed by atoms with van der Waals surface area (Å²) in [6.45, 7) is 0.437. The van der Waals surface area contributed by atoms with Crippen LogP contribution >= 0.6 is 11.3 Å². The number of rotatable bonds is 8. The number of nitrogens with one attached hydrogen (secondary N) is 1. The minimum absolute atomic E-state index is 0. The molecular formula is C23H21NNa2O8S. The molecule has 35 heavy (non-hydrogen) atoms. The van der Waals surface area contributed by atoms with Gasteiger partial charge in [-0.15, -0.1) is 11.3 Å². The van der Waals surface area contributed by atoms with Crippen LogP contribution in [0.4, 0.5) is 5.69 Å². The van der Waals surface area contributed by atoms with Gasteiger partial charge in [0, 0.05) is 18.4 Å². The van der Waals surface area contributed by atoms with Gasteiger partial charge in [0.2, 0.25) is 0 Å². The molecule has 1 amide bonds. The third kappa shape index (κ3) is 9.59. The summed E-state index contributed by atoms with van der Waals surface area (Å²) in [5.74, 6) is -3.51. The minimum atomic E-state index is -1.97. The quantitative estimate of drug-likeness (QED) is 0.223. The molecule has 12 heteroatoms. The Labute approximate surface area is 250 Å². The fourth-order valence-corrected chi connectivity index (χ4v) is 3.81. The second kappa shape index (κ2) is 16.7. The molecule has 0 radical (unpaired) electrons. The first kappa shape index (κ1) is 33.1. The number of benzene rings is 2. The molecule has 3 rings (SSSR count). The van der Waals surface area contributed by atoms with Gasteiger partial charge in [-0.25, -0.2) is 0 Å². The minimum Gasteiger partial charge on any atom is -0.544 e. The Hall–Kier alpha value is -1.89. The number of carbonyl (C=O) groups excluding carboxylic acids is 3. The average Bonchev–Trinajstić information content (AvgIpc) is 3.25.